The van der Waals surface area contributed by atoms with Gasteiger partial charge in [0.2, 0.25) is 0 Å². The quantitative estimate of drug-likeness (QED) is 0.275. The Kier molecular flexibility index (Phi) is 7.25. The van der Waals surface area contributed by atoms with Crippen molar-refractivity contribution in [3.05, 3.63) is 125 Å². The molecule has 1 amide bonds. The van der Waals surface area contributed by atoms with E-state index < -0.39 is 0 Å². The molecule has 0 spiro atoms. The number of anilines is 2. The lowest BCUT2D eigenvalue weighted by atomic mass is 10.0. The molecule has 2 aliphatic rings. The highest BCUT2D eigenvalue weighted by Gasteiger charge is 2.18. The van der Waals surface area contributed by atoms with Gasteiger partial charge in [0, 0.05) is 36.4 Å². The van der Waals surface area contributed by atoms with Crippen molar-refractivity contribution in [1.29, 1.82) is 0 Å². The number of carbonyl (C=O) groups is 1. The first-order valence-electron chi connectivity index (χ1n) is 13.3. The summed E-state index contributed by atoms with van der Waals surface area (Å²) in [5.41, 5.74) is 8.13. The van der Waals surface area contributed by atoms with Crippen LogP contribution in [0.3, 0.4) is 0 Å². The third kappa shape index (κ3) is 5.73. The highest BCUT2D eigenvalue weighted by atomic mass is 16.5. The summed E-state index contributed by atoms with van der Waals surface area (Å²) in [6.45, 7) is 10.7. The molecular formula is C33H28N4O3. The third-order valence-electron chi connectivity index (χ3n) is 7.12. The molecule has 0 unspecified atom stereocenters. The van der Waals surface area contributed by atoms with Crippen molar-refractivity contribution < 1.29 is 14.3 Å². The minimum atomic E-state index is -0.146. The topological polar surface area (TPSA) is 67.5 Å². The van der Waals surface area contributed by atoms with Gasteiger partial charge in [-0.05, 0) is 71.3 Å². The van der Waals surface area contributed by atoms with Crippen molar-refractivity contribution in [1.82, 2.24) is 0 Å². The van der Waals surface area contributed by atoms with Crippen molar-refractivity contribution >= 4 is 34.4 Å². The van der Waals surface area contributed by atoms with Crippen LogP contribution >= 0.6 is 0 Å². The first kappa shape index (κ1) is 25.4. The van der Waals surface area contributed by atoms with Crippen molar-refractivity contribution in [3.8, 4) is 5.75 Å². The number of ether oxygens (including phenoxy) is 2. The van der Waals surface area contributed by atoms with E-state index in [1.54, 1.807) is 12.1 Å². The van der Waals surface area contributed by atoms with Gasteiger partial charge in [0.1, 0.15) is 12.4 Å². The highest BCUT2D eigenvalue weighted by molar-refractivity contribution is 6.08. The molecule has 0 aromatic heterocycles. The lowest BCUT2D eigenvalue weighted by molar-refractivity contribution is 0.102. The van der Waals surface area contributed by atoms with Crippen LogP contribution in [0.5, 0.6) is 5.75 Å². The van der Waals surface area contributed by atoms with Crippen LogP contribution in [0.15, 0.2) is 96.0 Å². The molecule has 4 aromatic rings. The molecule has 7 nitrogen and oxygen atoms in total. The zero-order valence-corrected chi connectivity index (χ0v) is 22.0. The molecular weight excluding hydrogens is 500 g/mol. The minimum Gasteiger partial charge on any atom is -0.489 e. The van der Waals surface area contributed by atoms with Gasteiger partial charge in [-0.25, -0.2) is 4.85 Å². The molecule has 1 N–H and O–H groups in total. The van der Waals surface area contributed by atoms with Crippen LogP contribution in [0.25, 0.3) is 4.85 Å². The highest BCUT2D eigenvalue weighted by Crippen LogP contribution is 2.32. The predicted molar refractivity (Wildman–Crippen MR) is 157 cm³/mol. The summed E-state index contributed by atoms with van der Waals surface area (Å²) in [5.74, 6) is 0.641. The number of nitrogens with one attached hydrogen (secondary N) is 1. The van der Waals surface area contributed by atoms with E-state index in [-0.39, 0.29) is 5.91 Å². The van der Waals surface area contributed by atoms with E-state index in [1.165, 1.54) is 0 Å². The Hall–Kier alpha value is -4.93. The monoisotopic (exact) mass is 528 g/mol. The van der Waals surface area contributed by atoms with E-state index in [0.29, 0.717) is 24.3 Å². The van der Waals surface area contributed by atoms with Gasteiger partial charge < -0.3 is 19.7 Å². The van der Waals surface area contributed by atoms with Crippen molar-refractivity contribution in [2.75, 3.05) is 36.5 Å². The van der Waals surface area contributed by atoms with Gasteiger partial charge in [-0.3, -0.25) is 9.79 Å². The molecule has 198 valence electrons. The Balaban J connectivity index is 1.05. The first-order chi connectivity index (χ1) is 19.6. The zero-order valence-electron chi connectivity index (χ0n) is 22.0. The number of aliphatic imine (C=N–C) groups is 1. The Labute approximate surface area is 233 Å². The Bertz CT molecular complexity index is 1580. The number of rotatable bonds is 7. The van der Waals surface area contributed by atoms with Crippen molar-refractivity contribution in [2.45, 2.75) is 13.0 Å². The average Bonchev–Trinajstić information content (AvgIpc) is 3.45. The van der Waals surface area contributed by atoms with Crippen LogP contribution in [0.1, 0.15) is 27.0 Å². The van der Waals surface area contributed by atoms with Crippen LogP contribution in [-0.2, 0) is 17.8 Å². The summed E-state index contributed by atoms with van der Waals surface area (Å²) in [6, 6.07) is 28.9. The van der Waals surface area contributed by atoms with Crippen LogP contribution in [-0.4, -0.2) is 37.9 Å². The van der Waals surface area contributed by atoms with Gasteiger partial charge in [0.15, 0.2) is 5.69 Å². The number of hydrogen-bond donors (Lipinski definition) is 1. The molecule has 7 heteroatoms. The maximum Gasteiger partial charge on any atom is 0.255 e. The fraction of sp³-hybridized carbons (Fsp3) is 0.182. The number of morpholine rings is 1. The fourth-order valence-electron chi connectivity index (χ4n) is 4.86. The second-order valence-electron chi connectivity index (χ2n) is 9.77. The van der Waals surface area contributed by atoms with E-state index in [1.807, 2.05) is 78.9 Å². The van der Waals surface area contributed by atoms with E-state index in [9.17, 15) is 4.79 Å². The van der Waals surface area contributed by atoms with Gasteiger partial charge in [-0.1, -0.05) is 36.4 Å². The summed E-state index contributed by atoms with van der Waals surface area (Å²) >= 11 is 0. The minimum absolute atomic E-state index is 0.146. The number of benzene rings is 4. The molecule has 0 saturated carbocycles. The summed E-state index contributed by atoms with van der Waals surface area (Å²) in [4.78, 5) is 23.4. The maximum atomic E-state index is 12.9. The van der Waals surface area contributed by atoms with E-state index in [4.69, 9.17) is 21.0 Å². The van der Waals surface area contributed by atoms with Crippen LogP contribution in [0.2, 0.25) is 0 Å². The molecule has 1 fully saturated rings. The lowest BCUT2D eigenvalue weighted by Crippen LogP contribution is -2.36. The standard InChI is InChI=1S/C33H28N4O3/c1-34-27-8-2-23(3-9-27)22-40-30-14-15-31-26(20-30)21-32(36-31)24-4-6-25(7-5-24)33(38)35-28-10-12-29(13-11-28)37-16-18-39-19-17-37/h2-15,20H,16-19,21-22H2,(H,35,38). The maximum absolute atomic E-state index is 12.9. The SMILES string of the molecule is [C-]#[N+]c1ccc(COc2ccc3c(c2)CC(c2ccc(C(=O)Nc4ccc(N5CCOCC5)cc4)cc2)=N3)cc1. The van der Waals surface area contributed by atoms with Gasteiger partial charge in [-0.2, -0.15) is 0 Å². The number of nitrogens with zero attached hydrogens (tertiary/aromatic N) is 3. The summed E-state index contributed by atoms with van der Waals surface area (Å²) in [6.07, 6.45) is 0.702. The Morgan fingerprint density at radius 3 is 2.42 bits per heavy atom. The molecule has 6 rings (SSSR count). The number of amides is 1. The van der Waals surface area contributed by atoms with Crippen LogP contribution in [0.4, 0.5) is 22.7 Å². The van der Waals surface area contributed by atoms with Gasteiger partial charge >= 0.3 is 0 Å². The van der Waals surface area contributed by atoms with Gasteiger partial charge in [0.25, 0.3) is 5.91 Å². The molecule has 2 heterocycles. The van der Waals surface area contributed by atoms with Gasteiger partial charge in [0.05, 0.1) is 31.2 Å². The van der Waals surface area contributed by atoms with E-state index >= 15 is 0 Å². The molecule has 2 aliphatic heterocycles. The third-order valence-corrected chi connectivity index (χ3v) is 7.12. The normalized spacial score (nSPS) is 14.2. The molecule has 1 saturated heterocycles. The number of fused-ring (bicyclic) bond motifs is 1. The smallest absolute Gasteiger partial charge is 0.255 e. The second kappa shape index (κ2) is 11.4. The van der Waals surface area contributed by atoms with Crippen LogP contribution in [0, 0.1) is 6.57 Å². The number of carbonyl (C=O) groups excluding carboxylic acids is 1. The largest absolute Gasteiger partial charge is 0.489 e. The Morgan fingerprint density at radius 1 is 0.950 bits per heavy atom. The lowest BCUT2D eigenvalue weighted by Gasteiger charge is -2.28. The fourth-order valence-corrected chi connectivity index (χ4v) is 4.86. The van der Waals surface area contributed by atoms with Crippen molar-refractivity contribution in [3.63, 3.8) is 0 Å². The molecule has 40 heavy (non-hydrogen) atoms. The van der Waals surface area contributed by atoms with Crippen LogP contribution < -0.4 is 15.0 Å². The Morgan fingerprint density at radius 2 is 1.70 bits per heavy atom. The zero-order chi connectivity index (χ0) is 27.3. The molecule has 0 radical (unpaired) electrons. The second-order valence-corrected chi connectivity index (χ2v) is 9.77. The first-order valence-corrected chi connectivity index (χ1v) is 13.3. The van der Waals surface area contributed by atoms with Crippen molar-refractivity contribution in [2.24, 2.45) is 4.99 Å². The summed E-state index contributed by atoms with van der Waals surface area (Å²) in [5, 5.41) is 2.99. The summed E-state index contributed by atoms with van der Waals surface area (Å²) < 4.78 is 11.4. The molecule has 0 atom stereocenters. The average molecular weight is 529 g/mol. The summed E-state index contributed by atoms with van der Waals surface area (Å²) in [7, 11) is 0. The van der Waals surface area contributed by atoms with E-state index in [2.05, 4.69) is 15.1 Å². The van der Waals surface area contributed by atoms with E-state index in [0.717, 1.165) is 71.5 Å². The molecule has 4 aromatic carbocycles. The van der Waals surface area contributed by atoms with Gasteiger partial charge in [-0.15, -0.1) is 0 Å². The molecule has 0 aliphatic carbocycles. The predicted octanol–water partition coefficient (Wildman–Crippen LogP) is 6.58. The molecule has 0 bridgehead atoms. The number of hydrogen-bond acceptors (Lipinski definition) is 5.